The van der Waals surface area contributed by atoms with Gasteiger partial charge >= 0.3 is 0 Å². The zero-order valence-corrected chi connectivity index (χ0v) is 18.8. The zero-order valence-electron chi connectivity index (χ0n) is 14.9. The van der Waals surface area contributed by atoms with Gasteiger partial charge in [-0.25, -0.2) is 12.7 Å². The predicted molar refractivity (Wildman–Crippen MR) is 116 cm³/mol. The quantitative estimate of drug-likeness (QED) is 0.626. The molecule has 0 aliphatic carbocycles. The van der Waals surface area contributed by atoms with Crippen molar-refractivity contribution in [2.24, 2.45) is 5.92 Å². The summed E-state index contributed by atoms with van der Waals surface area (Å²) >= 11 is 15.2. The molecule has 2 aromatic carbocycles. The van der Waals surface area contributed by atoms with Gasteiger partial charge in [0, 0.05) is 29.2 Å². The maximum absolute atomic E-state index is 12.7. The average Bonchev–Trinajstić information content (AvgIpc) is 2.66. The Hall–Kier alpha value is -1.12. The lowest BCUT2D eigenvalue weighted by atomic mass is 9.97. The molecule has 2 aromatic rings. The van der Waals surface area contributed by atoms with E-state index in [-0.39, 0.29) is 17.6 Å². The molecule has 0 radical (unpaired) electrons. The highest BCUT2D eigenvalue weighted by molar-refractivity contribution is 9.10. The summed E-state index contributed by atoms with van der Waals surface area (Å²) in [5, 5.41) is 3.61. The molecule has 1 amide bonds. The second-order valence-corrected chi connectivity index (χ2v) is 10.4. The van der Waals surface area contributed by atoms with Gasteiger partial charge in [0.15, 0.2) is 0 Å². The standard InChI is InChI=1S/C19H19BrCl2N2O3S/c20-15-2-4-16(5-3-15)23-19(25)14-7-9-24(10-8-14)28(26,27)12-13-1-6-17(21)18(22)11-13/h1-6,11,14H,7-10,12H2,(H,23,25). The normalized spacial score (nSPS) is 16.1. The van der Waals surface area contributed by atoms with Crippen molar-refractivity contribution in [3.8, 4) is 0 Å². The Bertz CT molecular complexity index is 960. The van der Waals surface area contributed by atoms with Gasteiger partial charge in [0.2, 0.25) is 15.9 Å². The minimum Gasteiger partial charge on any atom is -0.326 e. The Balaban J connectivity index is 1.56. The highest BCUT2D eigenvalue weighted by atomic mass is 79.9. The fourth-order valence-corrected chi connectivity index (χ4v) is 5.24. The molecule has 1 aliphatic rings. The van der Waals surface area contributed by atoms with Crippen molar-refractivity contribution in [1.82, 2.24) is 4.31 Å². The third kappa shape index (κ3) is 5.48. The maximum Gasteiger partial charge on any atom is 0.227 e. The first-order valence-electron chi connectivity index (χ1n) is 8.73. The van der Waals surface area contributed by atoms with E-state index in [2.05, 4.69) is 21.2 Å². The van der Waals surface area contributed by atoms with E-state index in [0.29, 0.717) is 41.5 Å². The molecule has 150 valence electrons. The highest BCUT2D eigenvalue weighted by Gasteiger charge is 2.31. The Morgan fingerprint density at radius 3 is 2.32 bits per heavy atom. The number of carbonyl (C=O) groups is 1. The van der Waals surface area contributed by atoms with Gasteiger partial charge in [0.1, 0.15) is 0 Å². The maximum atomic E-state index is 12.7. The van der Waals surface area contributed by atoms with Crippen LogP contribution in [0.25, 0.3) is 0 Å². The number of halogens is 3. The Kier molecular flexibility index (Phi) is 7.04. The number of piperidine rings is 1. The van der Waals surface area contributed by atoms with Crippen LogP contribution in [0.1, 0.15) is 18.4 Å². The molecule has 1 N–H and O–H groups in total. The summed E-state index contributed by atoms with van der Waals surface area (Å²) in [4.78, 5) is 12.5. The monoisotopic (exact) mass is 504 g/mol. The molecule has 1 aliphatic heterocycles. The van der Waals surface area contributed by atoms with Gasteiger partial charge in [0.25, 0.3) is 0 Å². The van der Waals surface area contributed by atoms with Crippen LogP contribution in [0.4, 0.5) is 5.69 Å². The molecular formula is C19H19BrCl2N2O3S. The molecule has 1 fully saturated rings. The van der Waals surface area contributed by atoms with Gasteiger partial charge in [-0.05, 0) is 54.8 Å². The molecule has 0 bridgehead atoms. The lowest BCUT2D eigenvalue weighted by molar-refractivity contribution is -0.120. The summed E-state index contributed by atoms with van der Waals surface area (Å²) in [5.41, 5.74) is 1.31. The van der Waals surface area contributed by atoms with E-state index < -0.39 is 10.0 Å². The zero-order chi connectivity index (χ0) is 20.3. The molecule has 0 saturated carbocycles. The summed E-state index contributed by atoms with van der Waals surface area (Å²) in [6.45, 7) is 0.643. The van der Waals surface area contributed by atoms with Crippen LogP contribution in [0.2, 0.25) is 10.0 Å². The summed E-state index contributed by atoms with van der Waals surface area (Å²) in [6, 6.07) is 12.2. The third-order valence-corrected chi connectivity index (χ3v) is 7.78. The van der Waals surface area contributed by atoms with Crippen LogP contribution in [0.5, 0.6) is 0 Å². The van der Waals surface area contributed by atoms with Crippen LogP contribution in [0, 0.1) is 5.92 Å². The second kappa shape index (κ2) is 9.13. The van der Waals surface area contributed by atoms with Crippen LogP contribution in [0.3, 0.4) is 0 Å². The Morgan fingerprint density at radius 2 is 1.71 bits per heavy atom. The molecule has 9 heteroatoms. The number of carbonyl (C=O) groups excluding carboxylic acids is 1. The molecule has 0 aromatic heterocycles. The number of nitrogens with zero attached hydrogens (tertiary/aromatic N) is 1. The number of nitrogens with one attached hydrogen (secondary N) is 1. The van der Waals surface area contributed by atoms with Gasteiger partial charge < -0.3 is 5.32 Å². The number of sulfonamides is 1. The van der Waals surface area contributed by atoms with Gasteiger partial charge in [-0.2, -0.15) is 0 Å². The van der Waals surface area contributed by atoms with Gasteiger partial charge in [-0.3, -0.25) is 4.79 Å². The predicted octanol–water partition coefficient (Wildman–Crippen LogP) is 4.94. The lowest BCUT2D eigenvalue weighted by Gasteiger charge is -2.30. The van der Waals surface area contributed by atoms with Crippen LogP contribution >= 0.6 is 39.1 Å². The fraction of sp³-hybridized carbons (Fsp3) is 0.316. The molecule has 5 nitrogen and oxygen atoms in total. The van der Waals surface area contributed by atoms with Crippen LogP contribution in [0.15, 0.2) is 46.9 Å². The molecule has 0 spiro atoms. The van der Waals surface area contributed by atoms with Crippen LogP contribution < -0.4 is 5.32 Å². The molecule has 0 unspecified atom stereocenters. The number of hydrogen-bond donors (Lipinski definition) is 1. The Labute approximate surface area is 183 Å². The Morgan fingerprint density at radius 1 is 1.07 bits per heavy atom. The van der Waals surface area contributed by atoms with E-state index in [1.165, 1.54) is 4.31 Å². The number of benzene rings is 2. The molecule has 28 heavy (non-hydrogen) atoms. The third-order valence-electron chi connectivity index (χ3n) is 4.66. The van der Waals surface area contributed by atoms with Gasteiger partial charge in [0.05, 0.1) is 15.8 Å². The van der Waals surface area contributed by atoms with Crippen molar-refractivity contribution in [2.45, 2.75) is 18.6 Å². The van der Waals surface area contributed by atoms with Gasteiger partial charge in [-0.15, -0.1) is 0 Å². The SMILES string of the molecule is O=C(Nc1ccc(Br)cc1)C1CCN(S(=O)(=O)Cc2ccc(Cl)c(Cl)c2)CC1. The largest absolute Gasteiger partial charge is 0.326 e. The first-order valence-corrected chi connectivity index (χ1v) is 11.9. The first kappa shape index (κ1) is 21.6. The van der Waals surface area contributed by atoms with Crippen molar-refractivity contribution in [1.29, 1.82) is 0 Å². The van der Waals surface area contributed by atoms with Crippen molar-refractivity contribution in [2.75, 3.05) is 18.4 Å². The number of anilines is 1. The molecule has 1 heterocycles. The lowest BCUT2D eigenvalue weighted by Crippen LogP contribution is -2.41. The highest BCUT2D eigenvalue weighted by Crippen LogP contribution is 2.26. The minimum atomic E-state index is -3.48. The van der Waals surface area contributed by atoms with Crippen molar-refractivity contribution in [3.05, 3.63) is 62.5 Å². The number of hydrogen-bond acceptors (Lipinski definition) is 3. The van der Waals surface area contributed by atoms with E-state index in [0.717, 1.165) is 10.2 Å². The second-order valence-electron chi connectivity index (χ2n) is 6.67. The number of rotatable bonds is 5. The average molecular weight is 506 g/mol. The fourth-order valence-electron chi connectivity index (χ4n) is 3.11. The van der Waals surface area contributed by atoms with Crippen molar-refractivity contribution < 1.29 is 13.2 Å². The van der Waals surface area contributed by atoms with E-state index in [1.807, 2.05) is 24.3 Å². The topological polar surface area (TPSA) is 66.5 Å². The van der Waals surface area contributed by atoms with Crippen molar-refractivity contribution >= 4 is 60.7 Å². The van der Waals surface area contributed by atoms with Crippen molar-refractivity contribution in [3.63, 3.8) is 0 Å². The molecule has 1 saturated heterocycles. The number of amides is 1. The van der Waals surface area contributed by atoms with Crippen LogP contribution in [-0.4, -0.2) is 31.7 Å². The first-order chi connectivity index (χ1) is 13.2. The van der Waals surface area contributed by atoms with E-state index >= 15 is 0 Å². The molecule has 3 rings (SSSR count). The van der Waals surface area contributed by atoms with E-state index in [1.54, 1.807) is 18.2 Å². The summed E-state index contributed by atoms with van der Waals surface area (Å²) in [6.07, 6.45) is 0.978. The summed E-state index contributed by atoms with van der Waals surface area (Å²) < 4.78 is 27.8. The van der Waals surface area contributed by atoms with E-state index in [4.69, 9.17) is 23.2 Å². The molecule has 0 atom stereocenters. The smallest absolute Gasteiger partial charge is 0.227 e. The van der Waals surface area contributed by atoms with Crippen LogP contribution in [-0.2, 0) is 20.6 Å². The van der Waals surface area contributed by atoms with E-state index in [9.17, 15) is 13.2 Å². The summed E-state index contributed by atoms with van der Waals surface area (Å²) in [5.74, 6) is -0.427. The minimum absolute atomic E-state index is 0.0798. The molecular weight excluding hydrogens is 487 g/mol. The summed E-state index contributed by atoms with van der Waals surface area (Å²) in [7, 11) is -3.48. The van der Waals surface area contributed by atoms with Gasteiger partial charge in [-0.1, -0.05) is 45.2 Å².